The highest BCUT2D eigenvalue weighted by atomic mass is 32.2. The highest BCUT2D eigenvalue weighted by Crippen LogP contribution is 2.19. The summed E-state index contributed by atoms with van der Waals surface area (Å²) in [4.78, 5) is 11.9. The molecule has 2 aliphatic heterocycles. The molecule has 0 spiro atoms. The molecule has 2 heterocycles. The molecule has 2 saturated heterocycles. The van der Waals surface area contributed by atoms with Crippen LogP contribution in [0, 0.1) is 11.8 Å². The second-order valence-corrected chi connectivity index (χ2v) is 7.75. The first kappa shape index (κ1) is 13.8. The lowest BCUT2D eigenvalue weighted by Crippen LogP contribution is -2.48. The van der Waals surface area contributed by atoms with E-state index in [2.05, 4.69) is 17.6 Å². The summed E-state index contributed by atoms with van der Waals surface area (Å²) in [6, 6.07) is 0.320. The van der Waals surface area contributed by atoms with Crippen LogP contribution in [0.1, 0.15) is 26.2 Å². The summed E-state index contributed by atoms with van der Waals surface area (Å²) in [6.45, 7) is 3.79. The molecule has 3 atom stereocenters. The molecule has 2 aliphatic rings. The number of nitrogens with one attached hydrogen (secondary N) is 2. The zero-order valence-electron chi connectivity index (χ0n) is 10.8. The molecular weight excluding hydrogens is 252 g/mol. The molecule has 2 N–H and O–H groups in total. The van der Waals surface area contributed by atoms with Crippen molar-refractivity contribution in [2.75, 3.05) is 24.6 Å². The van der Waals surface area contributed by atoms with E-state index in [1.54, 1.807) is 0 Å². The Bertz CT molecular complexity index is 408. The quantitative estimate of drug-likeness (QED) is 0.755. The third-order valence-electron chi connectivity index (χ3n) is 4.03. The number of rotatable bonds is 3. The Labute approximate surface area is 109 Å². The maximum absolute atomic E-state index is 11.9. The number of hydrogen-bond donors (Lipinski definition) is 2. The van der Waals surface area contributed by atoms with Crippen LogP contribution in [0.3, 0.4) is 0 Å². The highest BCUT2D eigenvalue weighted by molar-refractivity contribution is 7.91. The SMILES string of the molecule is CC1CCCNC1CNC(=O)C1CCS(=O)(=O)C1. The van der Waals surface area contributed by atoms with Gasteiger partial charge in [0.1, 0.15) is 0 Å². The minimum absolute atomic E-state index is 0.0203. The van der Waals surface area contributed by atoms with E-state index in [9.17, 15) is 13.2 Å². The summed E-state index contributed by atoms with van der Waals surface area (Å²) >= 11 is 0. The highest BCUT2D eigenvalue weighted by Gasteiger charge is 2.33. The van der Waals surface area contributed by atoms with Crippen molar-refractivity contribution in [2.45, 2.75) is 32.2 Å². The number of amides is 1. The first-order chi connectivity index (χ1) is 8.48. The van der Waals surface area contributed by atoms with Gasteiger partial charge in [-0.2, -0.15) is 0 Å². The molecule has 0 aromatic heterocycles. The zero-order chi connectivity index (χ0) is 13.2. The topological polar surface area (TPSA) is 75.3 Å². The van der Waals surface area contributed by atoms with Crippen LogP contribution in [0.4, 0.5) is 0 Å². The minimum atomic E-state index is -2.97. The fourth-order valence-corrected chi connectivity index (χ4v) is 4.49. The predicted molar refractivity (Wildman–Crippen MR) is 70.0 cm³/mol. The van der Waals surface area contributed by atoms with Crippen molar-refractivity contribution >= 4 is 15.7 Å². The van der Waals surface area contributed by atoms with E-state index in [1.165, 1.54) is 12.8 Å². The van der Waals surface area contributed by atoms with Crippen LogP contribution in [0.25, 0.3) is 0 Å². The van der Waals surface area contributed by atoms with Crippen molar-refractivity contribution in [3.63, 3.8) is 0 Å². The van der Waals surface area contributed by atoms with Crippen molar-refractivity contribution in [1.29, 1.82) is 0 Å². The van der Waals surface area contributed by atoms with Crippen LogP contribution in [0.5, 0.6) is 0 Å². The number of piperidine rings is 1. The molecular formula is C12H22N2O3S. The van der Waals surface area contributed by atoms with Gasteiger partial charge in [-0.25, -0.2) is 8.42 Å². The number of sulfone groups is 1. The molecule has 2 rings (SSSR count). The van der Waals surface area contributed by atoms with E-state index in [1.807, 2.05) is 0 Å². The van der Waals surface area contributed by atoms with E-state index in [0.29, 0.717) is 24.9 Å². The second kappa shape index (κ2) is 5.57. The lowest BCUT2D eigenvalue weighted by Gasteiger charge is -2.30. The maximum Gasteiger partial charge on any atom is 0.224 e. The third-order valence-corrected chi connectivity index (χ3v) is 5.80. The van der Waals surface area contributed by atoms with E-state index in [0.717, 1.165) is 6.54 Å². The number of carbonyl (C=O) groups excluding carboxylic acids is 1. The smallest absolute Gasteiger partial charge is 0.224 e. The van der Waals surface area contributed by atoms with Gasteiger partial charge in [0.15, 0.2) is 9.84 Å². The summed E-state index contributed by atoms with van der Waals surface area (Å²) in [5, 5.41) is 6.29. The fraction of sp³-hybridized carbons (Fsp3) is 0.917. The average Bonchev–Trinajstić information content (AvgIpc) is 2.68. The number of carbonyl (C=O) groups is 1. The Morgan fingerprint density at radius 3 is 2.78 bits per heavy atom. The molecule has 0 aromatic rings. The molecule has 3 unspecified atom stereocenters. The van der Waals surface area contributed by atoms with Gasteiger partial charge in [-0.15, -0.1) is 0 Å². The van der Waals surface area contributed by atoms with Crippen LogP contribution in [-0.4, -0.2) is 45.0 Å². The molecule has 2 fully saturated rings. The van der Waals surface area contributed by atoms with Gasteiger partial charge >= 0.3 is 0 Å². The normalized spacial score (nSPS) is 35.3. The van der Waals surface area contributed by atoms with Crippen LogP contribution in [0.15, 0.2) is 0 Å². The van der Waals surface area contributed by atoms with E-state index >= 15 is 0 Å². The predicted octanol–water partition coefficient (Wildman–Crippen LogP) is -0.0746. The van der Waals surface area contributed by atoms with Crippen molar-refractivity contribution in [3.05, 3.63) is 0 Å². The molecule has 1 amide bonds. The van der Waals surface area contributed by atoms with Crippen LogP contribution >= 0.6 is 0 Å². The van der Waals surface area contributed by atoms with Crippen molar-refractivity contribution < 1.29 is 13.2 Å². The molecule has 6 heteroatoms. The molecule has 5 nitrogen and oxygen atoms in total. The largest absolute Gasteiger partial charge is 0.354 e. The monoisotopic (exact) mass is 274 g/mol. The van der Waals surface area contributed by atoms with Gasteiger partial charge in [0.05, 0.1) is 17.4 Å². The number of hydrogen-bond acceptors (Lipinski definition) is 4. The van der Waals surface area contributed by atoms with Gasteiger partial charge in [0.2, 0.25) is 5.91 Å². The van der Waals surface area contributed by atoms with Gasteiger partial charge in [-0.3, -0.25) is 4.79 Å². The van der Waals surface area contributed by atoms with Crippen molar-refractivity contribution in [1.82, 2.24) is 10.6 Å². The second-order valence-electron chi connectivity index (χ2n) is 5.53. The van der Waals surface area contributed by atoms with Gasteiger partial charge in [-0.1, -0.05) is 6.92 Å². The Morgan fingerprint density at radius 1 is 1.39 bits per heavy atom. The summed E-state index contributed by atoms with van der Waals surface area (Å²) in [5.74, 6) is 0.297. The molecule has 0 bridgehead atoms. The molecule has 18 heavy (non-hydrogen) atoms. The molecule has 0 aliphatic carbocycles. The zero-order valence-corrected chi connectivity index (χ0v) is 11.6. The minimum Gasteiger partial charge on any atom is -0.354 e. The molecule has 104 valence electrons. The van der Waals surface area contributed by atoms with E-state index in [-0.39, 0.29) is 23.3 Å². The molecule has 0 radical (unpaired) electrons. The van der Waals surface area contributed by atoms with E-state index in [4.69, 9.17) is 0 Å². The summed E-state index contributed by atoms with van der Waals surface area (Å²) in [7, 11) is -2.97. The van der Waals surface area contributed by atoms with Gasteiger partial charge in [0.25, 0.3) is 0 Å². The molecule has 0 saturated carbocycles. The lowest BCUT2D eigenvalue weighted by molar-refractivity contribution is -0.124. The Kier molecular flexibility index (Phi) is 4.27. The Morgan fingerprint density at radius 2 is 2.17 bits per heavy atom. The maximum atomic E-state index is 11.9. The van der Waals surface area contributed by atoms with Gasteiger partial charge in [-0.05, 0) is 31.7 Å². The fourth-order valence-electron chi connectivity index (χ4n) is 2.74. The average molecular weight is 274 g/mol. The van der Waals surface area contributed by atoms with Crippen LogP contribution < -0.4 is 10.6 Å². The van der Waals surface area contributed by atoms with Crippen LogP contribution in [-0.2, 0) is 14.6 Å². The van der Waals surface area contributed by atoms with Crippen molar-refractivity contribution in [2.24, 2.45) is 11.8 Å². The first-order valence-electron chi connectivity index (χ1n) is 6.69. The third kappa shape index (κ3) is 3.45. The summed E-state index contributed by atoms with van der Waals surface area (Å²) in [6.07, 6.45) is 2.85. The van der Waals surface area contributed by atoms with Gasteiger partial charge in [0, 0.05) is 12.6 Å². The Hall–Kier alpha value is -0.620. The standard InChI is InChI=1S/C12H22N2O3S/c1-9-3-2-5-13-11(9)7-14-12(15)10-4-6-18(16,17)8-10/h9-11,13H,2-8H2,1H3,(H,14,15). The van der Waals surface area contributed by atoms with E-state index < -0.39 is 9.84 Å². The summed E-state index contributed by atoms with van der Waals surface area (Å²) in [5.41, 5.74) is 0. The van der Waals surface area contributed by atoms with Gasteiger partial charge < -0.3 is 10.6 Å². The van der Waals surface area contributed by atoms with Crippen molar-refractivity contribution in [3.8, 4) is 0 Å². The molecule has 0 aromatic carbocycles. The van der Waals surface area contributed by atoms with Crippen LogP contribution in [0.2, 0.25) is 0 Å². The summed E-state index contributed by atoms with van der Waals surface area (Å²) < 4.78 is 22.6. The lowest BCUT2D eigenvalue weighted by atomic mass is 9.92. The Balaban J connectivity index is 1.78. The first-order valence-corrected chi connectivity index (χ1v) is 8.51.